The molecular formula is C28H31FN4O. The zero-order chi connectivity index (χ0) is 23.3. The average Bonchev–Trinajstić information content (AvgIpc) is 3.22. The number of rotatable bonds is 8. The Bertz CT molecular complexity index is 1210. The fourth-order valence-corrected chi connectivity index (χ4v) is 4.89. The Kier molecular flexibility index (Phi) is 6.86. The van der Waals surface area contributed by atoms with Gasteiger partial charge in [-0.1, -0.05) is 24.3 Å². The summed E-state index contributed by atoms with van der Waals surface area (Å²) in [4.78, 5) is 11.8. The molecule has 1 saturated heterocycles. The van der Waals surface area contributed by atoms with E-state index in [4.69, 9.17) is 9.72 Å². The monoisotopic (exact) mass is 458 g/mol. The summed E-state index contributed by atoms with van der Waals surface area (Å²) < 4.78 is 20.9. The Hall–Kier alpha value is -3.25. The Morgan fingerprint density at radius 1 is 0.971 bits per heavy atom. The second-order valence-electron chi connectivity index (χ2n) is 9.19. The van der Waals surface area contributed by atoms with Crippen molar-refractivity contribution in [2.24, 2.45) is 5.92 Å². The molecule has 2 aromatic carbocycles. The minimum atomic E-state index is -0.206. The van der Waals surface area contributed by atoms with Crippen molar-refractivity contribution in [3.63, 3.8) is 0 Å². The van der Waals surface area contributed by atoms with Crippen molar-refractivity contribution in [2.75, 3.05) is 26.7 Å². The van der Waals surface area contributed by atoms with Crippen LogP contribution in [-0.2, 0) is 19.4 Å². The standard InChI is InChI=1S/C28H31FN4O/c1-34-25-8-4-21(5-9-25)11-15-32-16-12-22(13-17-32)18-28-31-26-19-30-14-10-27(26)33(28)20-23-2-6-24(29)7-3-23/h2-10,14,19,22H,11-13,15-18,20H2,1H3. The number of halogens is 1. The van der Waals surface area contributed by atoms with E-state index in [1.807, 2.05) is 42.7 Å². The van der Waals surface area contributed by atoms with Crippen molar-refractivity contribution in [3.05, 3.63) is 89.8 Å². The van der Waals surface area contributed by atoms with E-state index in [0.717, 1.165) is 60.6 Å². The number of hydrogen-bond donors (Lipinski definition) is 0. The Balaban J connectivity index is 1.21. The van der Waals surface area contributed by atoms with E-state index >= 15 is 0 Å². The van der Waals surface area contributed by atoms with Crippen LogP contribution in [-0.4, -0.2) is 46.2 Å². The SMILES string of the molecule is COc1ccc(CCN2CCC(Cc3nc4cnccc4n3Cc3ccc(F)cc3)CC2)cc1. The summed E-state index contributed by atoms with van der Waals surface area (Å²) >= 11 is 0. The predicted molar refractivity (Wildman–Crippen MR) is 133 cm³/mol. The Morgan fingerprint density at radius 2 is 1.71 bits per heavy atom. The highest BCUT2D eigenvalue weighted by Crippen LogP contribution is 2.25. The number of imidazole rings is 1. The third-order valence-corrected chi connectivity index (χ3v) is 6.94. The maximum absolute atomic E-state index is 13.4. The molecule has 3 heterocycles. The van der Waals surface area contributed by atoms with Gasteiger partial charge in [0.05, 0.1) is 18.8 Å². The molecule has 176 valence electrons. The lowest BCUT2D eigenvalue weighted by Crippen LogP contribution is -2.36. The van der Waals surface area contributed by atoms with Crippen LogP contribution in [0.25, 0.3) is 11.0 Å². The molecule has 0 N–H and O–H groups in total. The molecule has 34 heavy (non-hydrogen) atoms. The van der Waals surface area contributed by atoms with Gasteiger partial charge < -0.3 is 14.2 Å². The highest BCUT2D eigenvalue weighted by Gasteiger charge is 2.22. The normalized spacial score (nSPS) is 15.1. The molecule has 0 spiro atoms. The summed E-state index contributed by atoms with van der Waals surface area (Å²) in [7, 11) is 1.70. The number of aromatic nitrogens is 3. The van der Waals surface area contributed by atoms with E-state index in [0.29, 0.717) is 12.5 Å². The van der Waals surface area contributed by atoms with E-state index < -0.39 is 0 Å². The molecule has 2 aromatic heterocycles. The van der Waals surface area contributed by atoms with Gasteiger partial charge in [0.2, 0.25) is 0 Å². The van der Waals surface area contributed by atoms with E-state index in [9.17, 15) is 4.39 Å². The van der Waals surface area contributed by atoms with Crippen LogP contribution in [0, 0.1) is 11.7 Å². The second-order valence-corrected chi connectivity index (χ2v) is 9.19. The van der Waals surface area contributed by atoms with Crippen molar-refractivity contribution in [3.8, 4) is 5.75 Å². The fraction of sp³-hybridized carbons (Fsp3) is 0.357. The maximum Gasteiger partial charge on any atom is 0.123 e. The molecule has 0 unspecified atom stereocenters. The quantitative estimate of drug-likeness (QED) is 0.367. The van der Waals surface area contributed by atoms with Crippen LogP contribution in [0.1, 0.15) is 29.8 Å². The molecule has 1 aliphatic rings. The molecule has 0 radical (unpaired) electrons. The number of likely N-dealkylation sites (tertiary alicyclic amines) is 1. The smallest absolute Gasteiger partial charge is 0.123 e. The summed E-state index contributed by atoms with van der Waals surface area (Å²) in [6, 6.07) is 17.2. The third kappa shape index (κ3) is 5.28. The number of pyridine rings is 1. The zero-order valence-corrected chi connectivity index (χ0v) is 19.7. The molecular weight excluding hydrogens is 427 g/mol. The Labute approximate surface area is 200 Å². The van der Waals surface area contributed by atoms with Gasteiger partial charge in [-0.15, -0.1) is 0 Å². The van der Waals surface area contributed by atoms with Crippen molar-refractivity contribution < 1.29 is 9.13 Å². The third-order valence-electron chi connectivity index (χ3n) is 6.94. The highest BCUT2D eigenvalue weighted by atomic mass is 19.1. The van der Waals surface area contributed by atoms with E-state index in [2.05, 4.69) is 26.6 Å². The first-order valence-electron chi connectivity index (χ1n) is 12.1. The molecule has 5 nitrogen and oxygen atoms in total. The first-order chi connectivity index (χ1) is 16.7. The molecule has 6 heteroatoms. The number of fused-ring (bicyclic) bond motifs is 1. The molecule has 0 amide bonds. The molecule has 0 saturated carbocycles. The minimum Gasteiger partial charge on any atom is -0.497 e. The molecule has 0 bridgehead atoms. The topological polar surface area (TPSA) is 43.2 Å². The van der Waals surface area contributed by atoms with Gasteiger partial charge in [-0.25, -0.2) is 9.37 Å². The summed E-state index contributed by atoms with van der Waals surface area (Å²) in [5.41, 5.74) is 4.45. The van der Waals surface area contributed by atoms with E-state index in [1.54, 1.807) is 7.11 Å². The van der Waals surface area contributed by atoms with Crippen LogP contribution in [0.2, 0.25) is 0 Å². The number of nitrogens with zero attached hydrogens (tertiary/aromatic N) is 4. The lowest BCUT2D eigenvalue weighted by atomic mass is 9.93. The largest absolute Gasteiger partial charge is 0.497 e. The summed E-state index contributed by atoms with van der Waals surface area (Å²) in [6.45, 7) is 4.03. The van der Waals surface area contributed by atoms with Crippen LogP contribution in [0.4, 0.5) is 4.39 Å². The Morgan fingerprint density at radius 3 is 2.44 bits per heavy atom. The average molecular weight is 459 g/mol. The van der Waals surface area contributed by atoms with Crippen molar-refractivity contribution in [2.45, 2.75) is 32.2 Å². The molecule has 5 rings (SSSR count). The van der Waals surface area contributed by atoms with Gasteiger partial charge in [0.25, 0.3) is 0 Å². The molecule has 1 fully saturated rings. The number of piperidine rings is 1. The van der Waals surface area contributed by atoms with Crippen LogP contribution in [0.3, 0.4) is 0 Å². The minimum absolute atomic E-state index is 0.206. The van der Waals surface area contributed by atoms with Gasteiger partial charge in [-0.2, -0.15) is 0 Å². The lowest BCUT2D eigenvalue weighted by molar-refractivity contribution is 0.184. The maximum atomic E-state index is 13.4. The highest BCUT2D eigenvalue weighted by molar-refractivity contribution is 5.74. The van der Waals surface area contributed by atoms with Gasteiger partial charge in [0.1, 0.15) is 22.9 Å². The molecule has 4 aromatic rings. The lowest BCUT2D eigenvalue weighted by Gasteiger charge is -2.32. The van der Waals surface area contributed by atoms with Crippen molar-refractivity contribution >= 4 is 11.0 Å². The van der Waals surface area contributed by atoms with Gasteiger partial charge in [-0.05, 0) is 79.7 Å². The zero-order valence-electron chi connectivity index (χ0n) is 19.7. The van der Waals surface area contributed by atoms with E-state index in [-0.39, 0.29) is 5.82 Å². The molecule has 1 aliphatic heterocycles. The number of hydrogen-bond acceptors (Lipinski definition) is 4. The molecule has 0 aliphatic carbocycles. The van der Waals surface area contributed by atoms with Crippen LogP contribution < -0.4 is 4.74 Å². The van der Waals surface area contributed by atoms with Gasteiger partial charge in [0, 0.05) is 25.7 Å². The molecule has 0 atom stereocenters. The number of benzene rings is 2. The first kappa shape index (κ1) is 22.5. The van der Waals surface area contributed by atoms with Crippen LogP contribution >= 0.6 is 0 Å². The van der Waals surface area contributed by atoms with Gasteiger partial charge in [0.15, 0.2) is 0 Å². The van der Waals surface area contributed by atoms with E-state index in [1.165, 1.54) is 30.5 Å². The van der Waals surface area contributed by atoms with Crippen molar-refractivity contribution in [1.82, 2.24) is 19.4 Å². The van der Waals surface area contributed by atoms with Gasteiger partial charge in [-0.3, -0.25) is 4.98 Å². The second kappa shape index (κ2) is 10.3. The fourth-order valence-electron chi connectivity index (χ4n) is 4.89. The predicted octanol–water partition coefficient (Wildman–Crippen LogP) is 5.12. The number of methoxy groups -OCH3 is 1. The summed E-state index contributed by atoms with van der Waals surface area (Å²) in [6.07, 6.45) is 8.04. The summed E-state index contributed by atoms with van der Waals surface area (Å²) in [5, 5.41) is 0. The summed E-state index contributed by atoms with van der Waals surface area (Å²) in [5.74, 6) is 2.42. The van der Waals surface area contributed by atoms with Gasteiger partial charge >= 0.3 is 0 Å². The van der Waals surface area contributed by atoms with Crippen LogP contribution in [0.15, 0.2) is 67.0 Å². The van der Waals surface area contributed by atoms with Crippen molar-refractivity contribution in [1.29, 1.82) is 0 Å². The first-order valence-corrected chi connectivity index (χ1v) is 12.1. The number of ether oxygens (including phenoxy) is 1. The van der Waals surface area contributed by atoms with Crippen LogP contribution in [0.5, 0.6) is 5.75 Å².